The van der Waals surface area contributed by atoms with Crippen molar-refractivity contribution >= 4 is 35.1 Å². The van der Waals surface area contributed by atoms with Gasteiger partial charge in [0.1, 0.15) is 11.5 Å². The van der Waals surface area contributed by atoms with Crippen LogP contribution in [-0.4, -0.2) is 10.9 Å². The van der Waals surface area contributed by atoms with Crippen molar-refractivity contribution in [2.45, 2.75) is 6.92 Å². The molecule has 5 heteroatoms. The molecule has 0 aliphatic carbocycles. The number of ketones is 1. The molecule has 0 bridgehead atoms. The number of fused-ring (bicyclic) bond motifs is 1. The molecule has 0 amide bonds. The molecule has 1 aliphatic heterocycles. The number of hydrogen-bond acceptors (Lipinski definition) is 3. The molecule has 0 spiro atoms. The van der Waals surface area contributed by atoms with E-state index in [0.717, 1.165) is 0 Å². The summed E-state index contributed by atoms with van der Waals surface area (Å²) in [7, 11) is 0. The number of benzene rings is 2. The van der Waals surface area contributed by atoms with Gasteiger partial charge in [0.15, 0.2) is 5.76 Å². The van der Waals surface area contributed by atoms with Crippen LogP contribution in [0.5, 0.6) is 11.5 Å². The van der Waals surface area contributed by atoms with Crippen molar-refractivity contribution in [3.8, 4) is 11.5 Å². The van der Waals surface area contributed by atoms with Gasteiger partial charge in [0.05, 0.1) is 5.56 Å². The number of phenols is 1. The molecule has 0 atom stereocenters. The van der Waals surface area contributed by atoms with E-state index >= 15 is 0 Å². The van der Waals surface area contributed by atoms with E-state index in [9.17, 15) is 9.90 Å². The van der Waals surface area contributed by atoms with Crippen LogP contribution in [0.2, 0.25) is 10.0 Å². The number of Topliss-reactive ketones (excluding diaryl/α,β-unsaturated/α-hetero) is 1. The number of halogens is 2. The van der Waals surface area contributed by atoms with E-state index in [1.807, 2.05) is 0 Å². The van der Waals surface area contributed by atoms with Crippen molar-refractivity contribution in [1.29, 1.82) is 0 Å². The Morgan fingerprint density at radius 2 is 1.76 bits per heavy atom. The van der Waals surface area contributed by atoms with Gasteiger partial charge in [-0.1, -0.05) is 23.2 Å². The molecular formula is C16H10Cl2O3. The fourth-order valence-electron chi connectivity index (χ4n) is 2.30. The van der Waals surface area contributed by atoms with Crippen LogP contribution in [0.25, 0.3) is 6.08 Å². The second kappa shape index (κ2) is 5.10. The molecule has 3 rings (SSSR count). The Morgan fingerprint density at radius 1 is 1.10 bits per heavy atom. The van der Waals surface area contributed by atoms with Crippen LogP contribution in [0.1, 0.15) is 21.5 Å². The summed E-state index contributed by atoms with van der Waals surface area (Å²) in [6.45, 7) is 1.75. The smallest absolute Gasteiger partial charge is 0.232 e. The predicted octanol–water partition coefficient (Wildman–Crippen LogP) is 4.62. The van der Waals surface area contributed by atoms with Gasteiger partial charge >= 0.3 is 0 Å². The van der Waals surface area contributed by atoms with Gasteiger partial charge in [0.25, 0.3) is 0 Å². The number of aryl methyl sites for hydroxylation is 1. The Hall–Kier alpha value is -1.97. The standard InChI is InChI=1S/C16H10Cl2O3/c1-8-2-12(19)7-13-15(8)16(20)14(21-13)5-9-3-10(17)6-11(18)4-9/h2-7,19H,1H3. The molecule has 0 radical (unpaired) electrons. The lowest BCUT2D eigenvalue weighted by Crippen LogP contribution is -1.99. The Morgan fingerprint density at radius 3 is 2.43 bits per heavy atom. The molecule has 0 saturated carbocycles. The fourth-order valence-corrected chi connectivity index (χ4v) is 2.84. The average molecular weight is 321 g/mol. The van der Waals surface area contributed by atoms with Gasteiger partial charge in [-0.3, -0.25) is 4.79 Å². The highest BCUT2D eigenvalue weighted by Gasteiger charge is 2.29. The minimum Gasteiger partial charge on any atom is -0.508 e. The molecule has 1 aliphatic rings. The van der Waals surface area contributed by atoms with Crippen LogP contribution in [0.4, 0.5) is 0 Å². The molecule has 1 N–H and O–H groups in total. The summed E-state index contributed by atoms with van der Waals surface area (Å²) in [6, 6.07) is 7.93. The van der Waals surface area contributed by atoms with Gasteiger partial charge < -0.3 is 9.84 Å². The normalized spacial score (nSPS) is 15.2. The first-order chi connectivity index (χ1) is 9.94. The van der Waals surface area contributed by atoms with Gasteiger partial charge in [0, 0.05) is 16.1 Å². The lowest BCUT2D eigenvalue weighted by atomic mass is 10.0. The van der Waals surface area contributed by atoms with Gasteiger partial charge in [-0.25, -0.2) is 0 Å². The van der Waals surface area contributed by atoms with Crippen LogP contribution in [0.3, 0.4) is 0 Å². The minimum atomic E-state index is -0.224. The molecule has 3 nitrogen and oxygen atoms in total. The van der Waals surface area contributed by atoms with E-state index in [1.54, 1.807) is 31.2 Å². The van der Waals surface area contributed by atoms with E-state index in [-0.39, 0.29) is 17.3 Å². The highest BCUT2D eigenvalue weighted by atomic mass is 35.5. The molecule has 0 saturated heterocycles. The summed E-state index contributed by atoms with van der Waals surface area (Å²) in [5, 5.41) is 10.5. The summed E-state index contributed by atoms with van der Waals surface area (Å²) < 4.78 is 5.53. The largest absolute Gasteiger partial charge is 0.508 e. The first kappa shape index (κ1) is 14.0. The summed E-state index contributed by atoms with van der Waals surface area (Å²) in [6.07, 6.45) is 1.58. The molecular weight excluding hydrogens is 311 g/mol. The van der Waals surface area contributed by atoms with Crippen molar-refractivity contribution in [3.05, 3.63) is 62.8 Å². The predicted molar refractivity (Wildman–Crippen MR) is 82.2 cm³/mol. The second-order valence-corrected chi connectivity index (χ2v) is 5.65. The molecule has 2 aromatic rings. The lowest BCUT2D eigenvalue weighted by Gasteiger charge is -2.01. The van der Waals surface area contributed by atoms with Crippen molar-refractivity contribution in [2.75, 3.05) is 0 Å². The zero-order chi connectivity index (χ0) is 15.1. The first-order valence-electron chi connectivity index (χ1n) is 6.18. The van der Waals surface area contributed by atoms with E-state index in [1.165, 1.54) is 12.1 Å². The quantitative estimate of drug-likeness (QED) is 0.779. The maximum absolute atomic E-state index is 12.4. The van der Waals surface area contributed by atoms with Crippen molar-refractivity contribution in [2.24, 2.45) is 0 Å². The van der Waals surface area contributed by atoms with Crippen molar-refractivity contribution in [1.82, 2.24) is 0 Å². The van der Waals surface area contributed by atoms with E-state index in [4.69, 9.17) is 27.9 Å². The third kappa shape index (κ3) is 2.62. The number of phenolic OH excluding ortho intramolecular Hbond substituents is 1. The first-order valence-corrected chi connectivity index (χ1v) is 6.93. The molecule has 0 fully saturated rings. The Balaban J connectivity index is 2.05. The van der Waals surface area contributed by atoms with E-state index in [2.05, 4.69) is 0 Å². The lowest BCUT2D eigenvalue weighted by molar-refractivity contribution is 0.101. The average Bonchev–Trinajstić information content (AvgIpc) is 2.64. The number of aromatic hydroxyl groups is 1. The van der Waals surface area contributed by atoms with Crippen molar-refractivity contribution < 1.29 is 14.6 Å². The van der Waals surface area contributed by atoms with Crippen LogP contribution >= 0.6 is 23.2 Å². The maximum atomic E-state index is 12.4. The van der Waals surface area contributed by atoms with E-state index in [0.29, 0.717) is 32.5 Å². The summed E-state index contributed by atoms with van der Waals surface area (Å²) in [5.41, 5.74) is 1.81. The fraction of sp³-hybridized carbons (Fsp3) is 0.0625. The Kier molecular flexibility index (Phi) is 3.40. The monoisotopic (exact) mass is 320 g/mol. The number of rotatable bonds is 1. The van der Waals surface area contributed by atoms with Gasteiger partial charge in [-0.2, -0.15) is 0 Å². The van der Waals surface area contributed by atoms with Crippen molar-refractivity contribution in [3.63, 3.8) is 0 Å². The Bertz CT molecular complexity index is 774. The number of carbonyl (C=O) groups is 1. The number of hydrogen-bond donors (Lipinski definition) is 1. The number of ether oxygens (including phenoxy) is 1. The van der Waals surface area contributed by atoms with Crippen LogP contribution in [0.15, 0.2) is 36.1 Å². The molecule has 106 valence electrons. The third-order valence-corrected chi connectivity index (χ3v) is 3.57. The van der Waals surface area contributed by atoms with Crippen LogP contribution < -0.4 is 4.74 Å². The topological polar surface area (TPSA) is 46.5 Å². The minimum absolute atomic E-state index is 0.0612. The zero-order valence-corrected chi connectivity index (χ0v) is 12.5. The van der Waals surface area contributed by atoms with E-state index < -0.39 is 0 Å². The number of allylic oxidation sites excluding steroid dienone is 1. The van der Waals surface area contributed by atoms with Gasteiger partial charge in [-0.15, -0.1) is 0 Å². The molecule has 2 aromatic carbocycles. The highest BCUT2D eigenvalue weighted by Crippen LogP contribution is 2.37. The van der Waals surface area contributed by atoms with Gasteiger partial charge in [0.2, 0.25) is 5.78 Å². The molecule has 0 aromatic heterocycles. The van der Waals surface area contributed by atoms with Crippen LogP contribution in [0, 0.1) is 6.92 Å². The second-order valence-electron chi connectivity index (χ2n) is 4.78. The number of carbonyl (C=O) groups excluding carboxylic acids is 1. The zero-order valence-electron chi connectivity index (χ0n) is 11.0. The highest BCUT2D eigenvalue weighted by molar-refractivity contribution is 6.34. The Labute approximate surface area is 131 Å². The van der Waals surface area contributed by atoms with Gasteiger partial charge in [-0.05, 0) is 48.4 Å². The maximum Gasteiger partial charge on any atom is 0.232 e. The summed E-state index contributed by atoms with van der Waals surface area (Å²) in [5.74, 6) is 0.374. The summed E-state index contributed by atoms with van der Waals surface area (Å²) >= 11 is 11.9. The SMILES string of the molecule is Cc1cc(O)cc2c1C(=O)C(=Cc1cc(Cl)cc(Cl)c1)O2. The summed E-state index contributed by atoms with van der Waals surface area (Å²) in [4.78, 5) is 12.4. The van der Waals surface area contributed by atoms with Crippen LogP contribution in [-0.2, 0) is 0 Å². The third-order valence-electron chi connectivity index (χ3n) is 3.14. The molecule has 1 heterocycles. The molecule has 0 unspecified atom stereocenters. The molecule has 21 heavy (non-hydrogen) atoms.